The van der Waals surface area contributed by atoms with Gasteiger partial charge in [0.15, 0.2) is 0 Å². The van der Waals surface area contributed by atoms with Gasteiger partial charge in [-0.2, -0.15) is 0 Å². The Morgan fingerprint density at radius 2 is 1.52 bits per heavy atom. The molecule has 0 atom stereocenters. The molecule has 0 aromatic heterocycles. The molecule has 0 aliphatic carbocycles. The Bertz CT molecular complexity index is 549. The number of hydrogen-bond donors (Lipinski definition) is 0. The first-order valence-corrected chi connectivity index (χ1v) is 8.12. The predicted octanol–water partition coefficient (Wildman–Crippen LogP) is 5.16. The molecular formula is C20H30O3. The minimum atomic E-state index is -0.340. The van der Waals surface area contributed by atoms with Gasteiger partial charge < -0.3 is 9.47 Å². The van der Waals surface area contributed by atoms with Crippen LogP contribution in [-0.4, -0.2) is 13.1 Å². The lowest BCUT2D eigenvalue weighted by molar-refractivity contribution is -0.129. The molecule has 0 N–H and O–H groups in total. The van der Waals surface area contributed by atoms with Crippen LogP contribution in [0.25, 0.3) is 0 Å². The maximum atomic E-state index is 12.1. The number of allylic oxidation sites excluding steroid dienone is 1. The summed E-state index contributed by atoms with van der Waals surface area (Å²) in [5.74, 6) is 1.09. The Morgan fingerprint density at radius 1 is 1.04 bits per heavy atom. The maximum absolute atomic E-state index is 12.1. The fraction of sp³-hybridized carbons (Fsp3) is 0.550. The Kier molecular flexibility index (Phi) is 6.04. The zero-order chi connectivity index (χ0) is 17.8. The molecule has 1 aromatic rings. The van der Waals surface area contributed by atoms with Crippen molar-refractivity contribution in [1.29, 1.82) is 0 Å². The zero-order valence-electron chi connectivity index (χ0n) is 15.7. The first-order chi connectivity index (χ1) is 10.5. The molecule has 23 heavy (non-hydrogen) atoms. The van der Waals surface area contributed by atoms with Crippen LogP contribution in [0.3, 0.4) is 0 Å². The van der Waals surface area contributed by atoms with E-state index >= 15 is 0 Å². The van der Waals surface area contributed by atoms with E-state index in [4.69, 9.17) is 9.47 Å². The van der Waals surface area contributed by atoms with Gasteiger partial charge in [-0.25, -0.2) is 4.79 Å². The predicted molar refractivity (Wildman–Crippen MR) is 95.5 cm³/mol. The highest BCUT2D eigenvalue weighted by Gasteiger charge is 2.29. The Labute approximate surface area is 140 Å². The van der Waals surface area contributed by atoms with E-state index in [-0.39, 0.29) is 16.8 Å². The van der Waals surface area contributed by atoms with E-state index in [1.165, 1.54) is 6.08 Å². The summed E-state index contributed by atoms with van der Waals surface area (Å²) >= 11 is 0. The summed E-state index contributed by atoms with van der Waals surface area (Å²) in [5.41, 5.74) is 1.61. The molecule has 0 aliphatic rings. The number of rotatable bonds is 4. The number of ether oxygens (including phenoxy) is 2. The fourth-order valence-corrected chi connectivity index (χ4v) is 2.29. The summed E-state index contributed by atoms with van der Waals surface area (Å²) < 4.78 is 11.2. The molecule has 0 heterocycles. The molecule has 3 nitrogen and oxygen atoms in total. The van der Waals surface area contributed by atoms with E-state index in [2.05, 4.69) is 41.5 Å². The van der Waals surface area contributed by atoms with E-state index in [0.29, 0.717) is 5.75 Å². The van der Waals surface area contributed by atoms with E-state index in [0.717, 1.165) is 23.3 Å². The first kappa shape index (κ1) is 19.3. The van der Waals surface area contributed by atoms with Crippen LogP contribution in [0.5, 0.6) is 11.5 Å². The third-order valence-corrected chi connectivity index (χ3v) is 3.61. The van der Waals surface area contributed by atoms with E-state index in [1.807, 2.05) is 19.1 Å². The van der Waals surface area contributed by atoms with E-state index < -0.39 is 0 Å². The summed E-state index contributed by atoms with van der Waals surface area (Å²) in [5, 5.41) is 0. The molecular weight excluding hydrogens is 288 g/mol. The first-order valence-electron chi connectivity index (χ1n) is 8.12. The summed E-state index contributed by atoms with van der Waals surface area (Å²) in [7, 11) is 1.66. The third kappa shape index (κ3) is 5.12. The molecule has 0 amide bonds. The smallest absolute Gasteiger partial charge is 0.335 e. The topological polar surface area (TPSA) is 35.5 Å². The third-order valence-electron chi connectivity index (χ3n) is 3.61. The highest BCUT2D eigenvalue weighted by atomic mass is 16.5. The molecule has 0 aliphatic heterocycles. The van der Waals surface area contributed by atoms with Gasteiger partial charge in [0, 0.05) is 17.2 Å². The normalized spacial score (nSPS) is 12.5. The van der Waals surface area contributed by atoms with Gasteiger partial charge in [-0.05, 0) is 29.4 Å². The molecule has 0 spiro atoms. The Morgan fingerprint density at radius 3 is 1.87 bits per heavy atom. The fourth-order valence-electron chi connectivity index (χ4n) is 2.29. The molecule has 0 saturated heterocycles. The Hall–Kier alpha value is -1.77. The van der Waals surface area contributed by atoms with Gasteiger partial charge in [-0.15, -0.1) is 0 Å². The van der Waals surface area contributed by atoms with Crippen LogP contribution < -0.4 is 9.47 Å². The number of carbonyl (C=O) groups excluding carboxylic acids is 1. The van der Waals surface area contributed by atoms with Gasteiger partial charge in [-0.1, -0.05) is 54.5 Å². The molecule has 0 saturated carbocycles. The lowest BCUT2D eigenvalue weighted by Crippen LogP contribution is -2.21. The molecule has 0 radical (unpaired) electrons. The second-order valence-electron chi connectivity index (χ2n) is 7.78. The van der Waals surface area contributed by atoms with Crippen molar-refractivity contribution >= 4 is 5.97 Å². The second-order valence-corrected chi connectivity index (χ2v) is 7.78. The van der Waals surface area contributed by atoms with Crippen molar-refractivity contribution < 1.29 is 14.3 Å². The van der Waals surface area contributed by atoms with E-state index in [9.17, 15) is 4.79 Å². The molecule has 1 rings (SSSR count). The van der Waals surface area contributed by atoms with Crippen LogP contribution in [-0.2, 0) is 15.6 Å². The summed E-state index contributed by atoms with van der Waals surface area (Å²) in [6, 6.07) is 3.92. The molecule has 3 heteroatoms. The second kappa shape index (κ2) is 7.20. The minimum Gasteiger partial charge on any atom is -0.497 e. The van der Waals surface area contributed by atoms with Crippen LogP contribution in [0.1, 0.15) is 66.0 Å². The lowest BCUT2D eigenvalue weighted by Gasteiger charge is -2.29. The molecule has 128 valence electrons. The average molecular weight is 318 g/mol. The van der Waals surface area contributed by atoms with Gasteiger partial charge in [0.05, 0.1) is 7.11 Å². The minimum absolute atomic E-state index is 0.168. The quantitative estimate of drug-likeness (QED) is 0.437. The van der Waals surface area contributed by atoms with Crippen molar-refractivity contribution in [3.8, 4) is 11.5 Å². The van der Waals surface area contributed by atoms with Gasteiger partial charge in [0.1, 0.15) is 11.5 Å². The zero-order valence-corrected chi connectivity index (χ0v) is 15.7. The summed E-state index contributed by atoms with van der Waals surface area (Å²) in [4.78, 5) is 12.1. The average Bonchev–Trinajstić information content (AvgIpc) is 2.42. The van der Waals surface area contributed by atoms with Crippen LogP contribution in [0, 0.1) is 0 Å². The highest BCUT2D eigenvalue weighted by molar-refractivity contribution is 5.84. The van der Waals surface area contributed by atoms with Gasteiger partial charge >= 0.3 is 5.97 Å². The van der Waals surface area contributed by atoms with Gasteiger partial charge in [0.2, 0.25) is 0 Å². The molecule has 0 unspecified atom stereocenters. The highest BCUT2D eigenvalue weighted by Crippen LogP contribution is 2.42. The summed E-state index contributed by atoms with van der Waals surface area (Å²) in [6.45, 7) is 14.6. The van der Waals surface area contributed by atoms with E-state index in [1.54, 1.807) is 13.2 Å². The van der Waals surface area contributed by atoms with Crippen molar-refractivity contribution in [3.63, 3.8) is 0 Å². The number of methoxy groups -OCH3 is 1. The monoisotopic (exact) mass is 318 g/mol. The maximum Gasteiger partial charge on any atom is 0.335 e. The number of carbonyl (C=O) groups is 1. The van der Waals surface area contributed by atoms with Crippen LogP contribution in [0.15, 0.2) is 24.3 Å². The molecule has 0 fully saturated rings. The van der Waals surface area contributed by atoms with Crippen molar-refractivity contribution in [1.82, 2.24) is 0 Å². The van der Waals surface area contributed by atoms with Crippen molar-refractivity contribution in [3.05, 3.63) is 35.4 Å². The lowest BCUT2D eigenvalue weighted by atomic mass is 9.79. The standard InChI is InChI=1S/C20H30O3/c1-9-10-11-17(21)23-18-15(19(2,3)4)12-14(22-8)13-16(18)20(5,6)7/h10-13H,9H2,1-8H3. The number of benzene rings is 1. The van der Waals surface area contributed by atoms with Crippen LogP contribution in [0.2, 0.25) is 0 Å². The number of esters is 1. The molecule has 1 aromatic carbocycles. The number of hydrogen-bond acceptors (Lipinski definition) is 3. The van der Waals surface area contributed by atoms with Crippen molar-refractivity contribution in [2.24, 2.45) is 0 Å². The Balaban J connectivity index is 3.55. The van der Waals surface area contributed by atoms with Crippen LogP contribution >= 0.6 is 0 Å². The molecule has 0 bridgehead atoms. The van der Waals surface area contributed by atoms with Gasteiger partial charge in [0.25, 0.3) is 0 Å². The van der Waals surface area contributed by atoms with Crippen LogP contribution in [0.4, 0.5) is 0 Å². The van der Waals surface area contributed by atoms with Crippen molar-refractivity contribution in [2.75, 3.05) is 7.11 Å². The van der Waals surface area contributed by atoms with Gasteiger partial charge in [-0.3, -0.25) is 0 Å². The summed E-state index contributed by atoms with van der Waals surface area (Å²) in [6.07, 6.45) is 4.10. The SMILES string of the molecule is CCC=CC(=O)Oc1c(C(C)(C)C)cc(OC)cc1C(C)(C)C. The van der Waals surface area contributed by atoms with Crippen molar-refractivity contribution in [2.45, 2.75) is 65.7 Å². The largest absolute Gasteiger partial charge is 0.497 e.